The van der Waals surface area contributed by atoms with Gasteiger partial charge in [-0.1, -0.05) is 0 Å². The Bertz CT molecular complexity index is 650. The number of methoxy groups -OCH3 is 2. The van der Waals surface area contributed by atoms with Gasteiger partial charge >= 0.3 is 0 Å². The van der Waals surface area contributed by atoms with Gasteiger partial charge in [-0.05, 0) is 47.5 Å². The number of ether oxygens (including phenoxy) is 2. The van der Waals surface area contributed by atoms with Gasteiger partial charge in [0.1, 0.15) is 0 Å². The van der Waals surface area contributed by atoms with Crippen molar-refractivity contribution in [3.8, 4) is 23.0 Å². The fourth-order valence-electron chi connectivity index (χ4n) is 1.75. The lowest BCUT2D eigenvalue weighted by Gasteiger charge is -2.03. The number of phenolic OH excluding ortho intramolecular Hbond substituents is 2. The molecule has 114 valence electrons. The topological polar surface area (TPSA) is 83.6 Å². The van der Waals surface area contributed by atoms with Crippen LogP contribution in [0.3, 0.4) is 0 Å². The van der Waals surface area contributed by atoms with Crippen molar-refractivity contribution >= 4 is 12.4 Å². The molecule has 0 radical (unpaired) electrons. The molecule has 22 heavy (non-hydrogen) atoms. The van der Waals surface area contributed by atoms with E-state index in [1.54, 1.807) is 24.3 Å². The lowest BCUT2D eigenvalue weighted by atomic mass is 10.2. The molecule has 0 aliphatic heterocycles. The molecule has 0 fully saturated rings. The molecule has 0 saturated heterocycles. The lowest BCUT2D eigenvalue weighted by molar-refractivity contribution is 0.373. The first-order chi connectivity index (χ1) is 10.6. The van der Waals surface area contributed by atoms with Gasteiger partial charge in [0.05, 0.1) is 26.6 Å². The van der Waals surface area contributed by atoms with E-state index in [1.807, 2.05) is 0 Å². The van der Waals surface area contributed by atoms with Crippen molar-refractivity contribution in [3.05, 3.63) is 47.5 Å². The van der Waals surface area contributed by atoms with Crippen LogP contribution in [0, 0.1) is 0 Å². The highest BCUT2D eigenvalue weighted by Gasteiger charge is 2.01. The van der Waals surface area contributed by atoms with Crippen LogP contribution in [0.5, 0.6) is 23.0 Å². The van der Waals surface area contributed by atoms with Crippen molar-refractivity contribution in [2.45, 2.75) is 0 Å². The molecule has 0 saturated carbocycles. The average molecular weight is 300 g/mol. The Morgan fingerprint density at radius 1 is 0.773 bits per heavy atom. The van der Waals surface area contributed by atoms with Gasteiger partial charge in [0.25, 0.3) is 0 Å². The molecule has 0 bridgehead atoms. The van der Waals surface area contributed by atoms with E-state index >= 15 is 0 Å². The summed E-state index contributed by atoms with van der Waals surface area (Å²) in [6, 6.07) is 9.74. The Balaban J connectivity index is 2.08. The summed E-state index contributed by atoms with van der Waals surface area (Å²) in [5.74, 6) is 0.881. The number of hydrogen-bond donors (Lipinski definition) is 2. The summed E-state index contributed by atoms with van der Waals surface area (Å²) in [6.45, 7) is 0. The minimum atomic E-state index is 0.0688. The molecule has 0 atom stereocenters. The van der Waals surface area contributed by atoms with Crippen LogP contribution in [0.1, 0.15) is 11.1 Å². The summed E-state index contributed by atoms with van der Waals surface area (Å²) in [5.41, 5.74) is 1.49. The van der Waals surface area contributed by atoms with Crippen LogP contribution in [-0.2, 0) is 0 Å². The van der Waals surface area contributed by atoms with Crippen molar-refractivity contribution in [1.29, 1.82) is 0 Å². The number of aromatic hydroxyl groups is 2. The van der Waals surface area contributed by atoms with Crippen molar-refractivity contribution in [1.82, 2.24) is 0 Å². The largest absolute Gasteiger partial charge is 0.504 e. The number of rotatable bonds is 5. The van der Waals surface area contributed by atoms with E-state index in [0.29, 0.717) is 11.5 Å². The van der Waals surface area contributed by atoms with Crippen LogP contribution in [0.2, 0.25) is 0 Å². The van der Waals surface area contributed by atoms with E-state index in [-0.39, 0.29) is 11.5 Å². The molecule has 0 amide bonds. The van der Waals surface area contributed by atoms with Gasteiger partial charge in [-0.15, -0.1) is 0 Å². The molecule has 6 nitrogen and oxygen atoms in total. The van der Waals surface area contributed by atoms with Crippen LogP contribution in [-0.4, -0.2) is 36.9 Å². The maximum absolute atomic E-state index is 9.50. The SMILES string of the molecule is COc1cc(C=NN=Cc2ccc(O)c(OC)c2)ccc1O. The molecule has 2 aromatic carbocycles. The fraction of sp³-hybridized carbons (Fsp3) is 0.125. The standard InChI is InChI=1S/C16H16N2O4/c1-21-15-7-11(3-5-13(15)19)9-17-18-10-12-4-6-14(20)16(8-12)22-2/h3-10,19-20H,1-2H3. The Hall–Kier alpha value is -3.02. The summed E-state index contributed by atoms with van der Waals surface area (Å²) in [4.78, 5) is 0. The maximum Gasteiger partial charge on any atom is 0.161 e. The van der Waals surface area contributed by atoms with Gasteiger partial charge in [0.2, 0.25) is 0 Å². The molecule has 0 aromatic heterocycles. The van der Waals surface area contributed by atoms with E-state index in [0.717, 1.165) is 11.1 Å². The monoisotopic (exact) mass is 300 g/mol. The Morgan fingerprint density at radius 3 is 1.55 bits per heavy atom. The zero-order valence-electron chi connectivity index (χ0n) is 12.2. The van der Waals surface area contributed by atoms with Gasteiger partial charge in [0, 0.05) is 0 Å². The predicted molar refractivity (Wildman–Crippen MR) is 84.5 cm³/mol. The molecular weight excluding hydrogens is 284 g/mol. The second-order valence-corrected chi connectivity index (χ2v) is 4.35. The Kier molecular flexibility index (Phi) is 4.98. The van der Waals surface area contributed by atoms with Crippen molar-refractivity contribution in [2.24, 2.45) is 10.2 Å². The molecule has 0 heterocycles. The molecule has 0 aliphatic rings. The van der Waals surface area contributed by atoms with Crippen molar-refractivity contribution < 1.29 is 19.7 Å². The van der Waals surface area contributed by atoms with Crippen molar-refractivity contribution in [3.63, 3.8) is 0 Å². The summed E-state index contributed by atoms with van der Waals surface area (Å²) < 4.78 is 10.0. The van der Waals surface area contributed by atoms with Crippen LogP contribution < -0.4 is 9.47 Å². The number of hydrogen-bond acceptors (Lipinski definition) is 6. The van der Waals surface area contributed by atoms with E-state index in [1.165, 1.54) is 38.8 Å². The highest BCUT2D eigenvalue weighted by molar-refractivity contribution is 5.83. The number of benzene rings is 2. The van der Waals surface area contributed by atoms with Gasteiger partial charge in [-0.25, -0.2) is 0 Å². The van der Waals surface area contributed by atoms with E-state index < -0.39 is 0 Å². The molecular formula is C16H16N2O4. The van der Waals surface area contributed by atoms with Gasteiger partial charge in [0.15, 0.2) is 23.0 Å². The first kappa shape index (κ1) is 15.4. The van der Waals surface area contributed by atoms with Crippen molar-refractivity contribution in [2.75, 3.05) is 14.2 Å². The first-order valence-corrected chi connectivity index (χ1v) is 6.44. The molecule has 0 unspecified atom stereocenters. The highest BCUT2D eigenvalue weighted by Crippen LogP contribution is 2.26. The first-order valence-electron chi connectivity index (χ1n) is 6.44. The quantitative estimate of drug-likeness (QED) is 0.656. The van der Waals surface area contributed by atoms with E-state index in [4.69, 9.17) is 9.47 Å². The van der Waals surface area contributed by atoms with Crippen LogP contribution >= 0.6 is 0 Å². The summed E-state index contributed by atoms with van der Waals surface area (Å²) in [7, 11) is 2.96. The summed E-state index contributed by atoms with van der Waals surface area (Å²) >= 11 is 0. The molecule has 2 rings (SSSR count). The van der Waals surface area contributed by atoms with Crippen LogP contribution in [0.25, 0.3) is 0 Å². The van der Waals surface area contributed by atoms with Gasteiger partial charge in [-0.2, -0.15) is 10.2 Å². The minimum Gasteiger partial charge on any atom is -0.504 e. The number of phenols is 2. The van der Waals surface area contributed by atoms with E-state index in [9.17, 15) is 10.2 Å². The third kappa shape index (κ3) is 3.76. The fourth-order valence-corrected chi connectivity index (χ4v) is 1.75. The van der Waals surface area contributed by atoms with Gasteiger partial charge < -0.3 is 19.7 Å². The van der Waals surface area contributed by atoms with E-state index in [2.05, 4.69) is 10.2 Å². The molecule has 0 spiro atoms. The zero-order valence-corrected chi connectivity index (χ0v) is 12.2. The zero-order chi connectivity index (χ0) is 15.9. The molecule has 0 aliphatic carbocycles. The maximum atomic E-state index is 9.50. The number of nitrogens with zero attached hydrogens (tertiary/aromatic N) is 2. The molecule has 2 aromatic rings. The predicted octanol–water partition coefficient (Wildman–Crippen LogP) is 2.57. The smallest absolute Gasteiger partial charge is 0.161 e. The lowest BCUT2D eigenvalue weighted by Crippen LogP contribution is -1.88. The third-order valence-electron chi connectivity index (χ3n) is 2.89. The second kappa shape index (κ2) is 7.12. The highest BCUT2D eigenvalue weighted by atomic mass is 16.5. The normalized spacial score (nSPS) is 11.2. The van der Waals surface area contributed by atoms with Crippen LogP contribution in [0.4, 0.5) is 0 Å². The Labute approximate surface area is 128 Å². The van der Waals surface area contributed by atoms with Gasteiger partial charge in [-0.3, -0.25) is 0 Å². The average Bonchev–Trinajstić information content (AvgIpc) is 2.54. The Morgan fingerprint density at radius 2 is 1.18 bits per heavy atom. The van der Waals surface area contributed by atoms with Crippen LogP contribution in [0.15, 0.2) is 46.6 Å². The minimum absolute atomic E-state index is 0.0688. The third-order valence-corrected chi connectivity index (χ3v) is 2.89. The second-order valence-electron chi connectivity index (χ2n) is 4.35. The summed E-state index contributed by atoms with van der Waals surface area (Å²) in [5, 5.41) is 26.8. The molecule has 6 heteroatoms. The molecule has 2 N–H and O–H groups in total. The summed E-state index contributed by atoms with van der Waals surface area (Å²) in [6.07, 6.45) is 3.08.